The van der Waals surface area contributed by atoms with Gasteiger partial charge in [0.25, 0.3) is 11.8 Å². The van der Waals surface area contributed by atoms with Crippen molar-refractivity contribution in [3.8, 4) is 0 Å². The Balaban J connectivity index is 1.77. The summed E-state index contributed by atoms with van der Waals surface area (Å²) >= 11 is 11.9. The van der Waals surface area contributed by atoms with E-state index in [0.29, 0.717) is 5.02 Å². The number of nitrogens with zero attached hydrogens (tertiary/aromatic N) is 2. The lowest BCUT2D eigenvalue weighted by atomic mass is 10.1. The third-order valence-corrected chi connectivity index (χ3v) is 6.75. The van der Waals surface area contributed by atoms with Crippen molar-refractivity contribution in [3.63, 3.8) is 0 Å². The Bertz CT molecular complexity index is 1400. The summed E-state index contributed by atoms with van der Waals surface area (Å²) < 4.78 is 15.1. The molecule has 0 spiro atoms. The van der Waals surface area contributed by atoms with E-state index < -0.39 is 27.6 Å². The minimum absolute atomic E-state index is 0.106. The molecule has 0 aliphatic carbocycles. The van der Waals surface area contributed by atoms with Crippen LogP contribution in [0.1, 0.15) is 20.7 Å². The molecule has 2 aromatic carbocycles. The molecule has 3 rings (SSSR count). The molecule has 188 valence electrons. The van der Waals surface area contributed by atoms with Crippen LogP contribution in [-0.2, 0) is 14.5 Å². The number of hydroxylamine groups is 2. The SMILES string of the molecule is C=S(=O)(NC(=O)N(C)OC)c1ccc(C(=O)Nc2ccc(Cl)cc2C(=O)Nc2ccc(Cl)cn2)cc1. The minimum atomic E-state index is -3.21. The monoisotopic (exact) mass is 549 g/mol. The molecule has 10 nitrogen and oxygen atoms in total. The molecule has 0 saturated heterocycles. The van der Waals surface area contributed by atoms with Crippen molar-refractivity contribution in [2.45, 2.75) is 4.90 Å². The van der Waals surface area contributed by atoms with Crippen LogP contribution in [0.25, 0.3) is 0 Å². The first-order valence-electron chi connectivity index (χ1n) is 10.1. The van der Waals surface area contributed by atoms with Crippen LogP contribution in [-0.4, -0.2) is 52.1 Å². The maximum atomic E-state index is 12.9. The van der Waals surface area contributed by atoms with Crippen molar-refractivity contribution in [3.05, 3.63) is 82.0 Å². The maximum absolute atomic E-state index is 12.9. The van der Waals surface area contributed by atoms with Gasteiger partial charge in [-0.3, -0.25) is 19.1 Å². The van der Waals surface area contributed by atoms with Crippen LogP contribution in [0.4, 0.5) is 16.3 Å². The van der Waals surface area contributed by atoms with Crippen molar-refractivity contribution in [2.75, 3.05) is 24.8 Å². The van der Waals surface area contributed by atoms with E-state index in [0.717, 1.165) is 5.06 Å². The summed E-state index contributed by atoms with van der Waals surface area (Å²) in [6.07, 6.45) is 1.38. The molecule has 13 heteroatoms. The fraction of sp³-hybridized carbons (Fsp3) is 0.0870. The third kappa shape index (κ3) is 6.73. The van der Waals surface area contributed by atoms with Crippen molar-refractivity contribution in [1.29, 1.82) is 0 Å². The van der Waals surface area contributed by atoms with Gasteiger partial charge in [-0.1, -0.05) is 23.2 Å². The zero-order chi connectivity index (χ0) is 26.5. The molecule has 0 radical (unpaired) electrons. The van der Waals surface area contributed by atoms with Gasteiger partial charge >= 0.3 is 6.03 Å². The molecule has 3 N–H and O–H groups in total. The summed E-state index contributed by atoms with van der Waals surface area (Å²) in [6.45, 7) is 0. The second-order valence-electron chi connectivity index (χ2n) is 7.25. The summed E-state index contributed by atoms with van der Waals surface area (Å²) in [5, 5.41) is 6.83. The molecule has 36 heavy (non-hydrogen) atoms. The second-order valence-corrected chi connectivity index (χ2v) is 10.1. The first kappa shape index (κ1) is 27.0. The fourth-order valence-corrected chi connectivity index (χ4v) is 4.20. The zero-order valence-corrected chi connectivity index (χ0v) is 21.4. The normalized spacial score (nSPS) is 12.2. The number of pyridine rings is 1. The van der Waals surface area contributed by atoms with Crippen LogP contribution in [0.2, 0.25) is 10.0 Å². The number of benzene rings is 2. The van der Waals surface area contributed by atoms with Crippen LogP contribution in [0.3, 0.4) is 0 Å². The Labute approximate surface area is 217 Å². The first-order valence-corrected chi connectivity index (χ1v) is 12.6. The van der Waals surface area contributed by atoms with E-state index in [1.165, 1.54) is 68.9 Å². The average molecular weight is 550 g/mol. The quantitative estimate of drug-likeness (QED) is 0.300. The number of hydrogen-bond donors (Lipinski definition) is 3. The van der Waals surface area contributed by atoms with E-state index in [1.807, 2.05) is 0 Å². The molecule has 1 unspecified atom stereocenters. The number of carbonyl (C=O) groups excluding carboxylic acids is 3. The molecule has 0 aliphatic rings. The van der Waals surface area contributed by atoms with E-state index in [-0.39, 0.29) is 32.6 Å². The number of amides is 4. The van der Waals surface area contributed by atoms with Crippen LogP contribution in [0, 0.1) is 0 Å². The minimum Gasteiger partial charge on any atom is -0.321 e. The number of halogens is 2. The fourth-order valence-electron chi connectivity index (χ4n) is 2.81. The molecule has 1 heterocycles. The van der Waals surface area contributed by atoms with Gasteiger partial charge in [-0.25, -0.2) is 19.1 Å². The summed E-state index contributed by atoms with van der Waals surface area (Å²) in [4.78, 5) is 46.6. The van der Waals surface area contributed by atoms with E-state index in [2.05, 4.69) is 26.2 Å². The average Bonchev–Trinajstić information content (AvgIpc) is 2.85. The Morgan fingerprint density at radius 3 is 2.25 bits per heavy atom. The molecule has 3 aromatic rings. The summed E-state index contributed by atoms with van der Waals surface area (Å²) in [5.41, 5.74) is 0.515. The predicted octanol–water partition coefficient (Wildman–Crippen LogP) is 4.09. The molecule has 0 saturated carbocycles. The summed E-state index contributed by atoms with van der Waals surface area (Å²) in [7, 11) is -0.583. The maximum Gasteiger partial charge on any atom is 0.352 e. The third-order valence-electron chi connectivity index (χ3n) is 4.75. The van der Waals surface area contributed by atoms with Crippen LogP contribution >= 0.6 is 23.2 Å². The Morgan fingerprint density at radius 1 is 0.972 bits per heavy atom. The Hall–Kier alpha value is -3.64. The molecule has 0 bridgehead atoms. The van der Waals surface area contributed by atoms with Crippen molar-refractivity contribution in [2.24, 2.45) is 0 Å². The topological polar surface area (TPSA) is 130 Å². The van der Waals surface area contributed by atoms with Gasteiger partial charge in [0.2, 0.25) is 0 Å². The van der Waals surface area contributed by atoms with Crippen LogP contribution in [0.5, 0.6) is 0 Å². The number of urea groups is 1. The number of hydrogen-bond acceptors (Lipinski definition) is 6. The highest BCUT2D eigenvalue weighted by molar-refractivity contribution is 7.99. The second kappa shape index (κ2) is 11.4. The van der Waals surface area contributed by atoms with E-state index in [1.54, 1.807) is 6.07 Å². The van der Waals surface area contributed by atoms with E-state index in [4.69, 9.17) is 28.0 Å². The van der Waals surface area contributed by atoms with Crippen LogP contribution in [0.15, 0.2) is 65.7 Å². The summed E-state index contributed by atoms with van der Waals surface area (Å²) in [5.74, 6) is 2.73. The van der Waals surface area contributed by atoms with Gasteiger partial charge in [0, 0.05) is 28.7 Å². The lowest BCUT2D eigenvalue weighted by molar-refractivity contribution is -0.0628. The smallest absolute Gasteiger partial charge is 0.321 e. The molecule has 0 fully saturated rings. The van der Waals surface area contributed by atoms with Gasteiger partial charge < -0.3 is 10.6 Å². The number of nitrogens with one attached hydrogen (secondary N) is 3. The molecule has 1 atom stereocenters. The number of aromatic nitrogens is 1. The Kier molecular flexibility index (Phi) is 8.53. The largest absolute Gasteiger partial charge is 0.352 e. The van der Waals surface area contributed by atoms with Gasteiger partial charge in [0.05, 0.1) is 33.1 Å². The van der Waals surface area contributed by atoms with Crippen molar-refractivity contribution < 1.29 is 23.4 Å². The first-order chi connectivity index (χ1) is 17.0. The number of anilines is 2. The Morgan fingerprint density at radius 2 is 1.64 bits per heavy atom. The van der Waals surface area contributed by atoms with E-state index >= 15 is 0 Å². The number of rotatable bonds is 7. The van der Waals surface area contributed by atoms with Gasteiger partial charge in [0.15, 0.2) is 0 Å². The number of carbonyl (C=O) groups is 3. The highest BCUT2D eigenvalue weighted by atomic mass is 35.5. The highest BCUT2D eigenvalue weighted by Crippen LogP contribution is 2.23. The highest BCUT2D eigenvalue weighted by Gasteiger charge is 2.18. The molecule has 4 amide bonds. The van der Waals surface area contributed by atoms with Gasteiger partial charge in [-0.2, -0.15) is 0 Å². The zero-order valence-electron chi connectivity index (χ0n) is 19.1. The predicted molar refractivity (Wildman–Crippen MR) is 140 cm³/mol. The van der Waals surface area contributed by atoms with Gasteiger partial charge in [-0.05, 0) is 60.5 Å². The molecular formula is C23H21Cl2N5O5S. The van der Waals surface area contributed by atoms with E-state index in [9.17, 15) is 18.6 Å². The summed E-state index contributed by atoms with van der Waals surface area (Å²) in [6, 6.07) is 12.4. The standard InChI is InChI=1S/C23H21Cl2N5O5S/c1-30(35-2)23(33)29-36(3,34)17-8-4-14(5-9-17)21(31)27-19-10-6-15(24)12-18(19)22(32)28-20-11-7-16(25)13-26-20/h4-13H,3H2,1-2H3,(H,27,31)(H,26,28,32)(H,29,33,34). The lowest BCUT2D eigenvalue weighted by Gasteiger charge is -2.17. The van der Waals surface area contributed by atoms with Gasteiger partial charge in [0.1, 0.15) is 5.82 Å². The molecular weight excluding hydrogens is 529 g/mol. The van der Waals surface area contributed by atoms with Crippen molar-refractivity contribution in [1.82, 2.24) is 14.8 Å². The van der Waals surface area contributed by atoms with Crippen LogP contribution < -0.4 is 15.4 Å². The molecule has 0 aliphatic heterocycles. The van der Waals surface area contributed by atoms with Gasteiger partial charge in [-0.15, -0.1) is 0 Å². The van der Waals surface area contributed by atoms with Crippen molar-refractivity contribution >= 4 is 68.1 Å². The lowest BCUT2D eigenvalue weighted by Crippen LogP contribution is -2.39. The molecule has 1 aromatic heterocycles.